The summed E-state index contributed by atoms with van der Waals surface area (Å²) in [5, 5.41) is 6.99. The molecule has 1 saturated heterocycles. The first-order chi connectivity index (χ1) is 8.67. The number of piperidine rings is 1. The summed E-state index contributed by atoms with van der Waals surface area (Å²) in [6, 6.07) is 0.661. The molecule has 2 rings (SSSR count). The number of likely N-dealkylation sites (N-methyl/N-ethyl adjacent to an activating group) is 1. The van der Waals surface area contributed by atoms with Crippen molar-refractivity contribution in [2.24, 2.45) is 5.92 Å². The fourth-order valence-electron chi connectivity index (χ4n) is 2.80. The van der Waals surface area contributed by atoms with Crippen molar-refractivity contribution in [3.63, 3.8) is 0 Å². The fraction of sp³-hybridized carbons (Fsp3) is 0.786. The molecule has 1 N–H and O–H groups in total. The summed E-state index contributed by atoms with van der Waals surface area (Å²) < 4.78 is 0. The van der Waals surface area contributed by atoms with Crippen LogP contribution in [0.1, 0.15) is 36.9 Å². The number of aromatic nitrogens is 1. The highest BCUT2D eigenvalue weighted by molar-refractivity contribution is 7.09. The minimum absolute atomic E-state index is 0.661. The van der Waals surface area contributed by atoms with E-state index in [4.69, 9.17) is 0 Å². The number of aryl methyl sites for hydroxylation is 1. The molecule has 0 amide bonds. The van der Waals surface area contributed by atoms with Crippen LogP contribution in [0.15, 0.2) is 5.38 Å². The number of rotatable bonds is 5. The Labute approximate surface area is 115 Å². The largest absolute Gasteiger partial charge is 0.313 e. The Morgan fingerprint density at radius 1 is 1.56 bits per heavy atom. The van der Waals surface area contributed by atoms with E-state index in [1.54, 1.807) is 11.3 Å². The maximum atomic E-state index is 4.53. The van der Waals surface area contributed by atoms with E-state index in [0.717, 1.165) is 19.0 Å². The van der Waals surface area contributed by atoms with Crippen molar-refractivity contribution in [3.05, 3.63) is 16.1 Å². The number of hydrogen-bond donors (Lipinski definition) is 1. The Morgan fingerprint density at radius 3 is 3.06 bits per heavy atom. The molecule has 0 radical (unpaired) electrons. The van der Waals surface area contributed by atoms with Gasteiger partial charge < -0.3 is 5.32 Å². The molecule has 102 valence electrons. The number of nitrogens with zero attached hydrogens (tertiary/aromatic N) is 2. The highest BCUT2D eigenvalue weighted by atomic mass is 32.1. The van der Waals surface area contributed by atoms with Crippen LogP contribution in [0.4, 0.5) is 0 Å². The van der Waals surface area contributed by atoms with E-state index in [9.17, 15) is 0 Å². The monoisotopic (exact) mass is 267 g/mol. The molecule has 1 fully saturated rings. The van der Waals surface area contributed by atoms with Gasteiger partial charge >= 0.3 is 0 Å². The molecule has 4 heteroatoms. The second-order valence-corrected chi connectivity index (χ2v) is 6.57. The first kappa shape index (κ1) is 14.0. The van der Waals surface area contributed by atoms with Crippen LogP contribution in [-0.2, 0) is 6.54 Å². The Balaban J connectivity index is 1.78. The van der Waals surface area contributed by atoms with Crippen molar-refractivity contribution in [3.8, 4) is 0 Å². The molecule has 18 heavy (non-hydrogen) atoms. The third-order valence-corrected chi connectivity index (χ3v) is 4.63. The Morgan fingerprint density at radius 2 is 2.39 bits per heavy atom. The minimum atomic E-state index is 0.661. The van der Waals surface area contributed by atoms with Crippen LogP contribution in [0.3, 0.4) is 0 Å². The maximum Gasteiger partial charge on any atom is 0.0897 e. The summed E-state index contributed by atoms with van der Waals surface area (Å²) in [5.41, 5.74) is 1.21. The van der Waals surface area contributed by atoms with Gasteiger partial charge in [0.1, 0.15) is 0 Å². The lowest BCUT2D eigenvalue weighted by molar-refractivity contribution is 0.219. The number of hydrogen-bond acceptors (Lipinski definition) is 4. The molecule has 0 saturated carbocycles. The lowest BCUT2D eigenvalue weighted by Gasteiger charge is -2.32. The Bertz CT molecular complexity index is 364. The average molecular weight is 267 g/mol. The van der Waals surface area contributed by atoms with E-state index in [1.165, 1.54) is 36.5 Å². The summed E-state index contributed by atoms with van der Waals surface area (Å²) in [5.74, 6) is 0.922. The highest BCUT2D eigenvalue weighted by Gasteiger charge is 2.21. The van der Waals surface area contributed by atoms with Crippen LogP contribution in [0.2, 0.25) is 0 Å². The van der Waals surface area contributed by atoms with Crippen molar-refractivity contribution in [1.29, 1.82) is 0 Å². The highest BCUT2D eigenvalue weighted by Crippen LogP contribution is 2.20. The summed E-state index contributed by atoms with van der Waals surface area (Å²) >= 11 is 1.74. The Hall–Kier alpha value is -0.450. The molecular weight excluding hydrogens is 242 g/mol. The van der Waals surface area contributed by atoms with Gasteiger partial charge in [0.2, 0.25) is 0 Å². The second kappa shape index (κ2) is 6.64. The van der Waals surface area contributed by atoms with Gasteiger partial charge in [-0.05, 0) is 39.3 Å². The predicted molar refractivity (Wildman–Crippen MR) is 78.0 cm³/mol. The molecule has 2 heterocycles. The molecule has 1 aliphatic heterocycles. The predicted octanol–water partition coefficient (Wildman–Crippen LogP) is 2.66. The van der Waals surface area contributed by atoms with Gasteiger partial charge in [-0.1, -0.05) is 13.3 Å². The van der Waals surface area contributed by atoms with Gasteiger partial charge in [-0.3, -0.25) is 4.90 Å². The van der Waals surface area contributed by atoms with Crippen molar-refractivity contribution >= 4 is 11.3 Å². The molecular formula is C14H25N3S. The molecule has 0 bridgehead atoms. The fourth-order valence-corrected chi connectivity index (χ4v) is 3.41. The smallest absolute Gasteiger partial charge is 0.0897 e. The third-order valence-electron chi connectivity index (χ3n) is 3.81. The first-order valence-corrected chi connectivity index (χ1v) is 7.88. The molecule has 1 aliphatic rings. The first-order valence-electron chi connectivity index (χ1n) is 7.00. The van der Waals surface area contributed by atoms with Crippen molar-refractivity contribution in [2.45, 2.75) is 45.7 Å². The molecule has 1 aromatic heterocycles. The SMILES string of the molecule is CCC1CCNC(CN(C)Cc2csc(C)n2)C1. The topological polar surface area (TPSA) is 28.2 Å². The van der Waals surface area contributed by atoms with Gasteiger partial charge in [0.05, 0.1) is 10.7 Å². The maximum absolute atomic E-state index is 4.53. The normalized spacial score (nSPS) is 24.7. The summed E-state index contributed by atoms with van der Waals surface area (Å²) in [6.45, 7) is 7.68. The van der Waals surface area contributed by atoms with Gasteiger partial charge in [-0.2, -0.15) is 0 Å². The van der Waals surface area contributed by atoms with Crippen molar-refractivity contribution in [1.82, 2.24) is 15.2 Å². The van der Waals surface area contributed by atoms with Gasteiger partial charge in [-0.15, -0.1) is 11.3 Å². The average Bonchev–Trinajstić information content (AvgIpc) is 2.74. The lowest BCUT2D eigenvalue weighted by atomic mass is 9.90. The van der Waals surface area contributed by atoms with Gasteiger partial charge in [0.25, 0.3) is 0 Å². The Kier molecular flexibility index (Phi) is 5.15. The van der Waals surface area contributed by atoms with Crippen LogP contribution in [0.25, 0.3) is 0 Å². The lowest BCUT2D eigenvalue weighted by Crippen LogP contribution is -2.44. The van der Waals surface area contributed by atoms with E-state index in [1.807, 2.05) is 0 Å². The zero-order chi connectivity index (χ0) is 13.0. The zero-order valence-electron chi connectivity index (χ0n) is 11.8. The zero-order valence-corrected chi connectivity index (χ0v) is 12.6. The van der Waals surface area contributed by atoms with Gasteiger partial charge in [-0.25, -0.2) is 4.98 Å². The molecule has 2 atom stereocenters. The van der Waals surface area contributed by atoms with E-state index >= 15 is 0 Å². The second-order valence-electron chi connectivity index (χ2n) is 5.50. The van der Waals surface area contributed by atoms with E-state index in [0.29, 0.717) is 6.04 Å². The van der Waals surface area contributed by atoms with Crippen LogP contribution < -0.4 is 5.32 Å². The molecule has 0 aliphatic carbocycles. The number of nitrogens with one attached hydrogen (secondary N) is 1. The molecule has 0 spiro atoms. The van der Waals surface area contributed by atoms with Crippen molar-refractivity contribution in [2.75, 3.05) is 20.1 Å². The van der Waals surface area contributed by atoms with Crippen molar-refractivity contribution < 1.29 is 0 Å². The summed E-state index contributed by atoms with van der Waals surface area (Å²) in [4.78, 5) is 6.92. The number of thiazole rings is 1. The molecule has 1 aromatic rings. The van der Waals surface area contributed by atoms with Crippen LogP contribution in [0, 0.1) is 12.8 Å². The molecule has 2 unspecified atom stereocenters. The summed E-state index contributed by atoms with van der Waals surface area (Å²) in [6.07, 6.45) is 4.01. The van der Waals surface area contributed by atoms with Gasteiger partial charge in [0, 0.05) is 24.5 Å². The quantitative estimate of drug-likeness (QED) is 0.889. The third kappa shape index (κ3) is 4.04. The minimum Gasteiger partial charge on any atom is -0.313 e. The summed E-state index contributed by atoms with van der Waals surface area (Å²) in [7, 11) is 2.20. The van der Waals surface area contributed by atoms with E-state index in [-0.39, 0.29) is 0 Å². The standard InChI is InChI=1S/C14H25N3S/c1-4-12-5-6-15-13(7-12)8-17(3)9-14-10-18-11(2)16-14/h10,12-13,15H,4-9H2,1-3H3. The van der Waals surface area contributed by atoms with E-state index in [2.05, 4.69) is 41.5 Å². The van der Waals surface area contributed by atoms with E-state index < -0.39 is 0 Å². The molecule has 0 aromatic carbocycles. The van der Waals surface area contributed by atoms with Crippen LogP contribution in [-0.4, -0.2) is 36.1 Å². The molecule has 3 nitrogen and oxygen atoms in total. The van der Waals surface area contributed by atoms with Crippen LogP contribution in [0.5, 0.6) is 0 Å². The van der Waals surface area contributed by atoms with Crippen LogP contribution >= 0.6 is 11.3 Å². The van der Waals surface area contributed by atoms with Gasteiger partial charge in [0.15, 0.2) is 0 Å².